The van der Waals surface area contributed by atoms with E-state index >= 15 is 0 Å². The Balaban J connectivity index is 1.82. The second kappa shape index (κ2) is 7.86. The summed E-state index contributed by atoms with van der Waals surface area (Å²) in [5, 5.41) is 5.02. The molecule has 8 heteroatoms. The molecule has 0 atom stereocenters. The van der Waals surface area contributed by atoms with Gasteiger partial charge in [0.15, 0.2) is 0 Å². The van der Waals surface area contributed by atoms with Crippen molar-refractivity contribution in [3.05, 3.63) is 90.0 Å². The van der Waals surface area contributed by atoms with Crippen LogP contribution in [-0.4, -0.2) is 16.8 Å². The molecule has 0 aliphatic heterocycles. The van der Waals surface area contributed by atoms with Gasteiger partial charge in [-0.2, -0.15) is 0 Å². The van der Waals surface area contributed by atoms with E-state index in [1.54, 1.807) is 24.3 Å². The summed E-state index contributed by atoms with van der Waals surface area (Å²) in [6.07, 6.45) is 0. The Morgan fingerprint density at radius 1 is 0.679 bits per heavy atom. The Bertz CT molecular complexity index is 1260. The lowest BCUT2D eigenvalue weighted by atomic mass is 10.2. The number of benzene rings is 3. The standard InChI is InChI=1S/C20H16N2O4S2/c21-27(23,24)19-11-13-20(14-12-19)28(25,26)22-18-8-4-7-17(15-18)10-9-16-5-2-1-3-6-16/h1-8,11-15,22H,(H2,21,23,24). The zero-order chi connectivity index (χ0) is 20.2. The predicted octanol–water partition coefficient (Wildman–Crippen LogP) is 2.53. The van der Waals surface area contributed by atoms with Gasteiger partial charge < -0.3 is 0 Å². The number of nitrogens with two attached hydrogens (primary N) is 1. The molecule has 0 aromatic heterocycles. The van der Waals surface area contributed by atoms with Crippen LogP contribution in [-0.2, 0) is 20.0 Å². The van der Waals surface area contributed by atoms with Gasteiger partial charge in [-0.3, -0.25) is 4.72 Å². The van der Waals surface area contributed by atoms with Crippen LogP contribution in [0.25, 0.3) is 0 Å². The van der Waals surface area contributed by atoms with Crippen molar-refractivity contribution < 1.29 is 16.8 Å². The molecule has 0 spiro atoms. The second-order valence-electron chi connectivity index (χ2n) is 5.82. The third-order valence-electron chi connectivity index (χ3n) is 3.70. The van der Waals surface area contributed by atoms with Crippen molar-refractivity contribution in [1.82, 2.24) is 0 Å². The van der Waals surface area contributed by atoms with Gasteiger partial charge in [-0.05, 0) is 54.6 Å². The van der Waals surface area contributed by atoms with Gasteiger partial charge in [-0.1, -0.05) is 36.1 Å². The maximum atomic E-state index is 12.5. The largest absolute Gasteiger partial charge is 0.280 e. The van der Waals surface area contributed by atoms with E-state index in [1.807, 2.05) is 30.3 Å². The van der Waals surface area contributed by atoms with Crippen LogP contribution in [0.15, 0.2) is 88.7 Å². The Morgan fingerprint density at radius 3 is 1.89 bits per heavy atom. The highest BCUT2D eigenvalue weighted by Gasteiger charge is 2.16. The molecular formula is C20H16N2O4S2. The fourth-order valence-electron chi connectivity index (χ4n) is 2.35. The van der Waals surface area contributed by atoms with E-state index in [0.717, 1.165) is 17.7 Å². The Morgan fingerprint density at radius 2 is 1.25 bits per heavy atom. The molecular weight excluding hydrogens is 396 g/mol. The van der Waals surface area contributed by atoms with Gasteiger partial charge in [0, 0.05) is 11.1 Å². The molecule has 28 heavy (non-hydrogen) atoms. The fourth-order valence-corrected chi connectivity index (χ4v) is 3.91. The second-order valence-corrected chi connectivity index (χ2v) is 9.06. The molecule has 0 amide bonds. The van der Waals surface area contributed by atoms with Crippen molar-refractivity contribution in [3.8, 4) is 11.8 Å². The number of primary sulfonamides is 1. The van der Waals surface area contributed by atoms with Crippen molar-refractivity contribution in [1.29, 1.82) is 0 Å². The summed E-state index contributed by atoms with van der Waals surface area (Å²) >= 11 is 0. The molecule has 0 bridgehead atoms. The van der Waals surface area contributed by atoms with E-state index in [-0.39, 0.29) is 9.79 Å². The lowest BCUT2D eigenvalue weighted by Gasteiger charge is -2.09. The molecule has 0 aliphatic carbocycles. The summed E-state index contributed by atoms with van der Waals surface area (Å²) in [5.41, 5.74) is 1.84. The summed E-state index contributed by atoms with van der Waals surface area (Å²) in [6, 6.07) is 20.8. The van der Waals surface area contributed by atoms with Crippen molar-refractivity contribution >= 4 is 25.7 Å². The van der Waals surface area contributed by atoms with Gasteiger partial charge in [0.05, 0.1) is 15.5 Å². The first-order valence-electron chi connectivity index (χ1n) is 8.07. The summed E-state index contributed by atoms with van der Waals surface area (Å²) < 4.78 is 50.1. The highest BCUT2D eigenvalue weighted by molar-refractivity contribution is 7.92. The third kappa shape index (κ3) is 4.98. The van der Waals surface area contributed by atoms with Crippen LogP contribution in [0.2, 0.25) is 0 Å². The predicted molar refractivity (Wildman–Crippen MR) is 107 cm³/mol. The molecule has 3 aromatic carbocycles. The SMILES string of the molecule is NS(=O)(=O)c1ccc(S(=O)(=O)Nc2cccc(C#Cc3ccccc3)c2)cc1. The van der Waals surface area contributed by atoms with E-state index in [4.69, 9.17) is 5.14 Å². The van der Waals surface area contributed by atoms with Crippen molar-refractivity contribution in [2.45, 2.75) is 9.79 Å². The first-order chi connectivity index (χ1) is 13.2. The molecule has 3 rings (SSSR count). The molecule has 0 heterocycles. The van der Waals surface area contributed by atoms with E-state index in [1.165, 1.54) is 12.1 Å². The van der Waals surface area contributed by atoms with Crippen molar-refractivity contribution in [2.75, 3.05) is 4.72 Å². The Hall–Kier alpha value is -3.12. The fraction of sp³-hybridized carbons (Fsp3) is 0. The lowest BCUT2D eigenvalue weighted by Crippen LogP contribution is -2.15. The van der Waals surface area contributed by atoms with Crippen LogP contribution in [0.4, 0.5) is 5.69 Å². The van der Waals surface area contributed by atoms with Gasteiger partial charge in [-0.15, -0.1) is 0 Å². The zero-order valence-electron chi connectivity index (χ0n) is 14.5. The van der Waals surface area contributed by atoms with Crippen LogP contribution >= 0.6 is 0 Å². The number of sulfonamides is 2. The number of nitrogens with one attached hydrogen (secondary N) is 1. The van der Waals surface area contributed by atoms with Crippen LogP contribution in [0.3, 0.4) is 0 Å². The van der Waals surface area contributed by atoms with Gasteiger partial charge in [0.1, 0.15) is 0 Å². The van der Waals surface area contributed by atoms with Crippen LogP contribution in [0.1, 0.15) is 11.1 Å². The minimum atomic E-state index is -3.89. The third-order valence-corrected chi connectivity index (χ3v) is 6.03. The van der Waals surface area contributed by atoms with Gasteiger partial charge in [-0.25, -0.2) is 22.0 Å². The van der Waals surface area contributed by atoms with Gasteiger partial charge >= 0.3 is 0 Å². The normalized spacial score (nSPS) is 11.3. The van der Waals surface area contributed by atoms with E-state index in [9.17, 15) is 16.8 Å². The molecule has 0 saturated heterocycles. The van der Waals surface area contributed by atoms with Crippen LogP contribution in [0, 0.1) is 11.8 Å². The van der Waals surface area contributed by atoms with Gasteiger partial charge in [0.25, 0.3) is 10.0 Å². The van der Waals surface area contributed by atoms with Crippen LogP contribution < -0.4 is 9.86 Å². The summed E-state index contributed by atoms with van der Waals surface area (Å²) in [5.74, 6) is 5.99. The minimum absolute atomic E-state index is 0.0827. The number of hydrogen-bond donors (Lipinski definition) is 2. The number of rotatable bonds is 4. The zero-order valence-corrected chi connectivity index (χ0v) is 16.2. The quantitative estimate of drug-likeness (QED) is 0.642. The molecule has 0 saturated carbocycles. The molecule has 0 fully saturated rings. The van der Waals surface area contributed by atoms with E-state index in [0.29, 0.717) is 11.3 Å². The molecule has 0 radical (unpaired) electrons. The highest BCUT2D eigenvalue weighted by Crippen LogP contribution is 2.18. The first-order valence-corrected chi connectivity index (χ1v) is 11.1. The molecule has 6 nitrogen and oxygen atoms in total. The molecule has 142 valence electrons. The lowest BCUT2D eigenvalue weighted by molar-refractivity contribution is 0.595. The average Bonchev–Trinajstić information content (AvgIpc) is 2.67. The summed E-state index contributed by atoms with van der Waals surface area (Å²) in [4.78, 5) is -0.245. The van der Waals surface area contributed by atoms with E-state index in [2.05, 4.69) is 16.6 Å². The summed E-state index contributed by atoms with van der Waals surface area (Å²) in [6.45, 7) is 0. The molecule has 3 N–H and O–H groups in total. The maximum Gasteiger partial charge on any atom is 0.261 e. The minimum Gasteiger partial charge on any atom is -0.280 e. The topological polar surface area (TPSA) is 106 Å². The van der Waals surface area contributed by atoms with Crippen molar-refractivity contribution in [2.24, 2.45) is 5.14 Å². The van der Waals surface area contributed by atoms with Crippen molar-refractivity contribution in [3.63, 3.8) is 0 Å². The van der Waals surface area contributed by atoms with Gasteiger partial charge in [0.2, 0.25) is 10.0 Å². The molecule has 0 unspecified atom stereocenters. The number of anilines is 1. The smallest absolute Gasteiger partial charge is 0.261 e. The monoisotopic (exact) mass is 412 g/mol. The number of hydrogen-bond acceptors (Lipinski definition) is 4. The van der Waals surface area contributed by atoms with E-state index < -0.39 is 20.0 Å². The average molecular weight is 412 g/mol. The highest BCUT2D eigenvalue weighted by atomic mass is 32.2. The maximum absolute atomic E-state index is 12.5. The summed E-state index contributed by atoms with van der Waals surface area (Å²) in [7, 11) is -7.78. The molecule has 3 aromatic rings. The van der Waals surface area contributed by atoms with Crippen LogP contribution in [0.5, 0.6) is 0 Å². The Kier molecular flexibility index (Phi) is 5.51. The Labute approximate surface area is 164 Å². The first kappa shape index (κ1) is 19.6. The molecule has 0 aliphatic rings.